The third-order valence-electron chi connectivity index (χ3n) is 5.51. The van der Waals surface area contributed by atoms with Crippen LogP contribution in [0.4, 0.5) is 18.9 Å². The molecular weight excluding hydrogens is 459 g/mol. The largest absolute Gasteiger partial charge is 0.463 e. The van der Waals surface area contributed by atoms with Gasteiger partial charge in [0.05, 0.1) is 12.5 Å². The zero-order valence-corrected chi connectivity index (χ0v) is 17.8. The summed E-state index contributed by atoms with van der Waals surface area (Å²) in [4.78, 5) is 21.2. The van der Waals surface area contributed by atoms with Gasteiger partial charge in [0.2, 0.25) is 0 Å². The average Bonchev–Trinajstić information content (AvgIpc) is 3.47. The Kier molecular flexibility index (Phi) is 5.24. The van der Waals surface area contributed by atoms with Gasteiger partial charge < -0.3 is 14.2 Å². The summed E-state index contributed by atoms with van der Waals surface area (Å²) in [6.45, 7) is 1.91. The SMILES string of the molecule is O=C(c1cnn2c(C(F)(F)F)cc(-c3ccco3)nc12)N1CCN(c2cccc(Cl)c2)CC1. The second kappa shape index (κ2) is 8.11. The minimum atomic E-state index is -4.70. The molecule has 3 aromatic heterocycles. The van der Waals surface area contributed by atoms with E-state index in [1.807, 2.05) is 18.2 Å². The van der Waals surface area contributed by atoms with Crippen molar-refractivity contribution in [2.75, 3.05) is 31.1 Å². The van der Waals surface area contributed by atoms with Crippen molar-refractivity contribution in [3.05, 3.63) is 71.2 Å². The number of benzene rings is 1. The van der Waals surface area contributed by atoms with Crippen molar-refractivity contribution in [1.82, 2.24) is 19.5 Å². The Labute approximate surface area is 191 Å². The van der Waals surface area contributed by atoms with E-state index in [1.165, 1.54) is 12.3 Å². The first-order valence-corrected chi connectivity index (χ1v) is 10.5. The zero-order chi connectivity index (χ0) is 23.2. The first-order chi connectivity index (χ1) is 15.8. The summed E-state index contributed by atoms with van der Waals surface area (Å²) >= 11 is 6.07. The van der Waals surface area contributed by atoms with Gasteiger partial charge in [0.25, 0.3) is 5.91 Å². The number of anilines is 1. The van der Waals surface area contributed by atoms with Crippen LogP contribution in [0.2, 0.25) is 5.02 Å². The Bertz CT molecular complexity index is 1310. The van der Waals surface area contributed by atoms with E-state index in [1.54, 1.807) is 17.0 Å². The number of piperazine rings is 1. The van der Waals surface area contributed by atoms with E-state index >= 15 is 0 Å². The molecule has 33 heavy (non-hydrogen) atoms. The van der Waals surface area contributed by atoms with Gasteiger partial charge in [0.15, 0.2) is 17.1 Å². The first kappa shape index (κ1) is 21.3. The Balaban J connectivity index is 1.45. The fraction of sp³-hybridized carbons (Fsp3) is 0.227. The van der Waals surface area contributed by atoms with Crippen molar-refractivity contribution in [2.45, 2.75) is 6.18 Å². The van der Waals surface area contributed by atoms with Crippen LogP contribution in [0.25, 0.3) is 17.1 Å². The molecule has 7 nitrogen and oxygen atoms in total. The van der Waals surface area contributed by atoms with Gasteiger partial charge in [-0.3, -0.25) is 4.79 Å². The second-order valence-electron chi connectivity index (χ2n) is 7.55. The number of aromatic nitrogens is 3. The van der Waals surface area contributed by atoms with E-state index in [-0.39, 0.29) is 22.7 Å². The van der Waals surface area contributed by atoms with E-state index < -0.39 is 17.8 Å². The standard InChI is InChI=1S/C22H17ClF3N5O2/c23-14-3-1-4-15(11-14)29-6-8-30(9-7-29)21(32)16-13-27-31-19(22(24,25)26)12-17(28-20(16)31)18-5-2-10-33-18/h1-5,10-13H,6-9H2. The summed E-state index contributed by atoms with van der Waals surface area (Å²) in [6, 6.07) is 11.3. The monoisotopic (exact) mass is 475 g/mol. The number of hydrogen-bond acceptors (Lipinski definition) is 5. The van der Waals surface area contributed by atoms with E-state index in [2.05, 4.69) is 15.0 Å². The van der Waals surface area contributed by atoms with E-state index in [0.717, 1.165) is 18.0 Å². The molecule has 1 aliphatic rings. The Morgan fingerprint density at radius 3 is 2.52 bits per heavy atom. The van der Waals surface area contributed by atoms with Gasteiger partial charge in [-0.2, -0.15) is 18.3 Å². The van der Waals surface area contributed by atoms with Gasteiger partial charge in [0, 0.05) is 36.9 Å². The minimum absolute atomic E-state index is 0.00473. The van der Waals surface area contributed by atoms with Crippen LogP contribution in [0.5, 0.6) is 0 Å². The van der Waals surface area contributed by atoms with Crippen LogP contribution in [0.1, 0.15) is 16.1 Å². The maximum Gasteiger partial charge on any atom is 0.433 e. The smallest absolute Gasteiger partial charge is 0.433 e. The quantitative estimate of drug-likeness (QED) is 0.432. The molecule has 0 aliphatic carbocycles. The summed E-state index contributed by atoms with van der Waals surface area (Å²) in [5, 5.41) is 4.45. The number of carbonyl (C=O) groups is 1. The summed E-state index contributed by atoms with van der Waals surface area (Å²) in [6.07, 6.45) is -2.22. The third-order valence-corrected chi connectivity index (χ3v) is 5.74. The van der Waals surface area contributed by atoms with Crippen LogP contribution in [-0.4, -0.2) is 51.6 Å². The molecule has 1 fully saturated rings. The van der Waals surface area contributed by atoms with Crippen LogP contribution >= 0.6 is 11.6 Å². The number of furan rings is 1. The number of hydrogen-bond donors (Lipinski definition) is 0. The lowest BCUT2D eigenvalue weighted by molar-refractivity contribution is -0.142. The maximum absolute atomic E-state index is 13.7. The van der Waals surface area contributed by atoms with Gasteiger partial charge in [-0.1, -0.05) is 17.7 Å². The predicted molar refractivity (Wildman–Crippen MR) is 115 cm³/mol. The molecule has 170 valence electrons. The van der Waals surface area contributed by atoms with Crippen molar-refractivity contribution in [3.8, 4) is 11.5 Å². The molecule has 0 spiro atoms. The molecule has 1 aromatic carbocycles. The summed E-state index contributed by atoms with van der Waals surface area (Å²) in [7, 11) is 0. The van der Waals surface area contributed by atoms with Crippen molar-refractivity contribution < 1.29 is 22.4 Å². The van der Waals surface area contributed by atoms with Gasteiger partial charge in [-0.15, -0.1) is 0 Å². The van der Waals surface area contributed by atoms with Crippen molar-refractivity contribution in [2.24, 2.45) is 0 Å². The van der Waals surface area contributed by atoms with Gasteiger partial charge >= 0.3 is 6.18 Å². The predicted octanol–water partition coefficient (Wildman–Crippen LogP) is 4.62. The molecule has 1 saturated heterocycles. The summed E-state index contributed by atoms with van der Waals surface area (Å²) < 4.78 is 47.0. The number of alkyl halides is 3. The molecule has 4 heterocycles. The van der Waals surface area contributed by atoms with E-state index in [0.29, 0.717) is 35.7 Å². The number of halogens is 4. The normalized spacial score (nSPS) is 14.8. The Morgan fingerprint density at radius 1 is 1.06 bits per heavy atom. The van der Waals surface area contributed by atoms with Crippen molar-refractivity contribution in [1.29, 1.82) is 0 Å². The fourth-order valence-corrected chi connectivity index (χ4v) is 4.06. The second-order valence-corrected chi connectivity index (χ2v) is 7.99. The molecule has 0 atom stereocenters. The lowest BCUT2D eigenvalue weighted by Crippen LogP contribution is -2.48. The molecular formula is C22H17ClF3N5O2. The lowest BCUT2D eigenvalue weighted by Gasteiger charge is -2.36. The molecule has 0 radical (unpaired) electrons. The molecule has 11 heteroatoms. The number of amides is 1. The number of fused-ring (bicyclic) bond motifs is 1. The van der Waals surface area contributed by atoms with Gasteiger partial charge in [-0.25, -0.2) is 9.50 Å². The van der Waals surface area contributed by atoms with Gasteiger partial charge in [0.1, 0.15) is 11.3 Å². The van der Waals surface area contributed by atoms with Crippen LogP contribution in [0.3, 0.4) is 0 Å². The van der Waals surface area contributed by atoms with Crippen LogP contribution in [-0.2, 0) is 6.18 Å². The van der Waals surface area contributed by atoms with Crippen LogP contribution < -0.4 is 4.90 Å². The Hall–Kier alpha value is -3.53. The van der Waals surface area contributed by atoms with Crippen molar-refractivity contribution in [3.63, 3.8) is 0 Å². The highest BCUT2D eigenvalue weighted by atomic mass is 35.5. The molecule has 4 aromatic rings. The molecule has 0 unspecified atom stereocenters. The fourth-order valence-electron chi connectivity index (χ4n) is 3.88. The lowest BCUT2D eigenvalue weighted by atomic mass is 10.2. The zero-order valence-electron chi connectivity index (χ0n) is 17.1. The van der Waals surface area contributed by atoms with E-state index in [9.17, 15) is 18.0 Å². The maximum atomic E-state index is 13.7. The molecule has 0 N–H and O–H groups in total. The highest BCUT2D eigenvalue weighted by Crippen LogP contribution is 2.33. The van der Waals surface area contributed by atoms with Crippen LogP contribution in [0, 0.1) is 0 Å². The highest BCUT2D eigenvalue weighted by Gasteiger charge is 2.37. The third kappa shape index (κ3) is 4.02. The average molecular weight is 476 g/mol. The number of carbonyl (C=O) groups excluding carboxylic acids is 1. The molecule has 0 bridgehead atoms. The molecule has 1 aliphatic heterocycles. The van der Waals surface area contributed by atoms with Crippen molar-refractivity contribution >= 4 is 28.8 Å². The highest BCUT2D eigenvalue weighted by molar-refractivity contribution is 6.30. The summed E-state index contributed by atoms with van der Waals surface area (Å²) in [5.41, 5.74) is -0.280. The summed E-state index contributed by atoms with van der Waals surface area (Å²) in [5.74, 6) is -0.259. The number of nitrogens with zero attached hydrogens (tertiary/aromatic N) is 5. The Morgan fingerprint density at radius 2 is 1.85 bits per heavy atom. The molecule has 5 rings (SSSR count). The molecule has 1 amide bonds. The first-order valence-electron chi connectivity index (χ1n) is 10.1. The number of rotatable bonds is 3. The topological polar surface area (TPSA) is 66.9 Å². The minimum Gasteiger partial charge on any atom is -0.463 e. The van der Waals surface area contributed by atoms with E-state index in [4.69, 9.17) is 16.0 Å². The molecule has 0 saturated carbocycles. The van der Waals surface area contributed by atoms with Gasteiger partial charge in [-0.05, 0) is 36.4 Å². The van der Waals surface area contributed by atoms with Crippen LogP contribution in [0.15, 0.2) is 59.3 Å².